The van der Waals surface area contributed by atoms with Gasteiger partial charge in [-0.15, -0.1) is 0 Å². The minimum absolute atomic E-state index is 0.0574. The third-order valence-electron chi connectivity index (χ3n) is 8.70. The lowest BCUT2D eigenvalue weighted by Gasteiger charge is -2.32. The molecule has 0 radical (unpaired) electrons. The highest BCUT2D eigenvalue weighted by molar-refractivity contribution is 6.31. The number of anilines is 1. The maximum atomic E-state index is 16.3. The summed E-state index contributed by atoms with van der Waals surface area (Å²) in [5, 5.41) is 26.2. The molecule has 1 saturated carbocycles. The van der Waals surface area contributed by atoms with E-state index in [0.717, 1.165) is 18.9 Å². The summed E-state index contributed by atoms with van der Waals surface area (Å²) in [5.74, 6) is -3.64. The number of nitrogen functional groups attached to an aromatic ring is 1. The predicted molar refractivity (Wildman–Crippen MR) is 179 cm³/mol. The smallest absolute Gasteiger partial charge is 0.251 e. The van der Waals surface area contributed by atoms with Gasteiger partial charge in [0.1, 0.15) is 28.7 Å². The number of aliphatic hydroxyl groups is 2. The summed E-state index contributed by atoms with van der Waals surface area (Å²) in [7, 11) is 1.42. The van der Waals surface area contributed by atoms with Crippen LogP contribution in [0.15, 0.2) is 65.7 Å². The topological polar surface area (TPSA) is 130 Å². The Bertz CT molecular complexity index is 1870. The van der Waals surface area contributed by atoms with Crippen molar-refractivity contribution in [3.8, 4) is 17.0 Å². The third kappa shape index (κ3) is 6.89. The van der Waals surface area contributed by atoms with Crippen molar-refractivity contribution < 1.29 is 32.9 Å². The standard InChI is InChI=1S/C36H36ClF3N4O4/c1-4-35(46,5-2)25-16-30(44-33(31(25)40)24-15-26(37)28(39)17-27(24)38)36(47,22-9-7-6-8-10-22)19-43-34(45)20-13-21(18-42-23-11-12-23)32(41)29(14-20)48-3/h6-10,13-18,23,46-47H,4-5,11-12,19,41H2,1-3H3,(H,43,45)/t36-/m1/s1. The Labute approximate surface area is 281 Å². The molecule has 5 N–H and O–H groups in total. The van der Waals surface area contributed by atoms with Crippen molar-refractivity contribution in [1.29, 1.82) is 0 Å². The molecule has 0 aliphatic heterocycles. The molecule has 0 unspecified atom stereocenters. The molecule has 8 nitrogen and oxygen atoms in total. The molecule has 1 heterocycles. The van der Waals surface area contributed by atoms with E-state index < -0.39 is 57.4 Å². The molecule has 5 rings (SSSR count). The van der Waals surface area contributed by atoms with E-state index in [1.165, 1.54) is 19.2 Å². The second-order valence-corrected chi connectivity index (χ2v) is 12.2. The van der Waals surface area contributed by atoms with E-state index in [9.17, 15) is 19.4 Å². The molecule has 0 spiro atoms. The molecule has 1 amide bonds. The van der Waals surface area contributed by atoms with Crippen LogP contribution in [0.25, 0.3) is 11.3 Å². The van der Waals surface area contributed by atoms with Gasteiger partial charge in [-0.1, -0.05) is 55.8 Å². The Balaban J connectivity index is 1.64. The summed E-state index contributed by atoms with van der Waals surface area (Å²) in [5.41, 5.74) is 1.97. The van der Waals surface area contributed by atoms with E-state index in [2.05, 4.69) is 15.3 Å². The minimum Gasteiger partial charge on any atom is -0.495 e. The number of methoxy groups -OCH3 is 1. The monoisotopic (exact) mass is 680 g/mol. The Hall–Kier alpha value is -4.45. The molecule has 1 aromatic heterocycles. The third-order valence-corrected chi connectivity index (χ3v) is 8.99. The summed E-state index contributed by atoms with van der Waals surface area (Å²) in [6.07, 6.45) is 3.66. The zero-order valence-electron chi connectivity index (χ0n) is 26.7. The van der Waals surface area contributed by atoms with Crippen molar-refractivity contribution in [2.45, 2.75) is 56.8 Å². The average molecular weight is 681 g/mol. The van der Waals surface area contributed by atoms with E-state index in [1.807, 2.05) is 0 Å². The summed E-state index contributed by atoms with van der Waals surface area (Å²) in [6.45, 7) is 2.80. The number of amides is 1. The summed E-state index contributed by atoms with van der Waals surface area (Å²) >= 11 is 5.96. The number of halogens is 4. The number of ether oxygens (including phenoxy) is 1. The van der Waals surface area contributed by atoms with Crippen LogP contribution >= 0.6 is 11.6 Å². The van der Waals surface area contributed by atoms with Crippen LogP contribution in [0.5, 0.6) is 5.75 Å². The lowest BCUT2D eigenvalue weighted by Crippen LogP contribution is -2.43. The number of nitrogens with zero attached hydrogens (tertiary/aromatic N) is 2. The van der Waals surface area contributed by atoms with E-state index in [4.69, 9.17) is 22.1 Å². The first kappa shape index (κ1) is 34.9. The van der Waals surface area contributed by atoms with Crippen LogP contribution in [-0.2, 0) is 11.2 Å². The van der Waals surface area contributed by atoms with E-state index in [1.54, 1.807) is 56.5 Å². The van der Waals surface area contributed by atoms with Gasteiger partial charge < -0.3 is 26.0 Å². The number of benzene rings is 3. The molecular weight excluding hydrogens is 645 g/mol. The quantitative estimate of drug-likeness (QED) is 0.0752. The Morgan fingerprint density at radius 3 is 2.40 bits per heavy atom. The van der Waals surface area contributed by atoms with Crippen molar-refractivity contribution in [3.05, 3.63) is 111 Å². The fourth-order valence-corrected chi connectivity index (χ4v) is 5.59. The molecule has 1 aliphatic carbocycles. The molecule has 3 aromatic carbocycles. The number of hydrogen-bond donors (Lipinski definition) is 4. The van der Waals surface area contributed by atoms with E-state index in [0.29, 0.717) is 17.3 Å². The number of pyridine rings is 1. The number of rotatable bonds is 12. The van der Waals surface area contributed by atoms with Gasteiger partial charge in [-0.25, -0.2) is 18.2 Å². The number of aliphatic imine (C=N–C) groups is 1. The van der Waals surface area contributed by atoms with Gasteiger partial charge in [-0.05, 0) is 55.5 Å². The van der Waals surface area contributed by atoms with E-state index >= 15 is 8.78 Å². The van der Waals surface area contributed by atoms with Crippen molar-refractivity contribution >= 4 is 29.4 Å². The average Bonchev–Trinajstić information content (AvgIpc) is 3.93. The molecule has 12 heteroatoms. The normalized spacial score (nSPS) is 14.6. The summed E-state index contributed by atoms with van der Waals surface area (Å²) < 4.78 is 51.0. The first-order valence-electron chi connectivity index (χ1n) is 15.5. The fraction of sp³-hybridized carbons (Fsp3) is 0.306. The number of carbonyl (C=O) groups is 1. The van der Waals surface area contributed by atoms with Crippen LogP contribution in [0.4, 0.5) is 18.9 Å². The highest BCUT2D eigenvalue weighted by Crippen LogP contribution is 2.40. The van der Waals surface area contributed by atoms with Gasteiger partial charge in [0.25, 0.3) is 5.91 Å². The maximum absolute atomic E-state index is 16.3. The Kier molecular flexibility index (Phi) is 10.1. The van der Waals surface area contributed by atoms with Crippen LogP contribution in [-0.4, -0.2) is 47.0 Å². The first-order valence-corrected chi connectivity index (χ1v) is 15.9. The van der Waals surface area contributed by atoms with Gasteiger partial charge >= 0.3 is 0 Å². The molecule has 4 aromatic rings. The Morgan fingerprint density at radius 1 is 1.08 bits per heavy atom. The van der Waals surface area contributed by atoms with Crippen LogP contribution < -0.4 is 15.8 Å². The lowest BCUT2D eigenvalue weighted by atomic mass is 9.83. The van der Waals surface area contributed by atoms with Crippen molar-refractivity contribution in [3.63, 3.8) is 0 Å². The van der Waals surface area contributed by atoms with E-state index in [-0.39, 0.29) is 47.0 Å². The molecule has 0 bridgehead atoms. The van der Waals surface area contributed by atoms with Gasteiger partial charge in [0, 0.05) is 34.5 Å². The second kappa shape index (κ2) is 14.0. The predicted octanol–water partition coefficient (Wildman–Crippen LogP) is 6.66. The molecular formula is C36H36ClF3N4O4. The molecule has 48 heavy (non-hydrogen) atoms. The van der Waals surface area contributed by atoms with Gasteiger partial charge in [-0.3, -0.25) is 9.79 Å². The number of nitrogens with two attached hydrogens (primary N) is 1. The van der Waals surface area contributed by atoms with Gasteiger partial charge in [0.05, 0.1) is 41.7 Å². The highest BCUT2D eigenvalue weighted by atomic mass is 35.5. The molecule has 1 atom stereocenters. The maximum Gasteiger partial charge on any atom is 0.251 e. The molecule has 1 aliphatic rings. The molecule has 0 saturated heterocycles. The zero-order valence-corrected chi connectivity index (χ0v) is 27.4. The molecule has 1 fully saturated rings. The minimum atomic E-state index is -2.15. The lowest BCUT2D eigenvalue weighted by molar-refractivity contribution is 0.0236. The number of aromatic nitrogens is 1. The number of nitrogens with one attached hydrogen (secondary N) is 1. The van der Waals surface area contributed by atoms with Crippen molar-refractivity contribution in [2.75, 3.05) is 19.4 Å². The largest absolute Gasteiger partial charge is 0.495 e. The molecule has 252 valence electrons. The van der Waals surface area contributed by atoms with Crippen LogP contribution in [0.2, 0.25) is 5.02 Å². The van der Waals surface area contributed by atoms with Crippen molar-refractivity contribution in [1.82, 2.24) is 10.3 Å². The SMILES string of the molecule is CCC(O)(CC)c1cc([C@@](O)(CNC(=O)c2cc(C=NC3CC3)c(N)c(OC)c2)c2ccccc2)nc(-c2cc(Cl)c(F)cc2F)c1F. The van der Waals surface area contributed by atoms with Crippen LogP contribution in [0.1, 0.15) is 72.3 Å². The zero-order chi connectivity index (χ0) is 34.8. The number of carbonyl (C=O) groups excluding carboxylic acids is 1. The highest BCUT2D eigenvalue weighted by Gasteiger charge is 2.39. The first-order chi connectivity index (χ1) is 22.8. The fourth-order valence-electron chi connectivity index (χ4n) is 5.42. The van der Waals surface area contributed by atoms with Crippen LogP contribution in [0.3, 0.4) is 0 Å². The number of hydrogen-bond acceptors (Lipinski definition) is 7. The Morgan fingerprint density at radius 2 is 1.77 bits per heavy atom. The van der Waals surface area contributed by atoms with Crippen molar-refractivity contribution in [2.24, 2.45) is 4.99 Å². The van der Waals surface area contributed by atoms with Gasteiger partial charge in [0.15, 0.2) is 5.82 Å². The second-order valence-electron chi connectivity index (χ2n) is 11.8. The summed E-state index contributed by atoms with van der Waals surface area (Å²) in [4.78, 5) is 22.4. The van der Waals surface area contributed by atoms with Gasteiger partial charge in [0.2, 0.25) is 0 Å². The van der Waals surface area contributed by atoms with Crippen LogP contribution in [0, 0.1) is 17.5 Å². The van der Waals surface area contributed by atoms with Gasteiger partial charge in [-0.2, -0.15) is 0 Å². The summed E-state index contributed by atoms with van der Waals surface area (Å²) in [6, 6.07) is 14.0.